The molecule has 3 aromatic carbocycles. The van der Waals surface area contributed by atoms with E-state index in [0.29, 0.717) is 44.9 Å². The predicted molar refractivity (Wildman–Crippen MR) is 123 cm³/mol. The van der Waals surface area contributed by atoms with Crippen LogP contribution in [0.2, 0.25) is 0 Å². The number of rotatable bonds is 4. The molecule has 1 aliphatic rings. The summed E-state index contributed by atoms with van der Waals surface area (Å²) in [4.78, 5) is 17.8. The Morgan fingerprint density at radius 1 is 0.970 bits per heavy atom. The molecule has 33 heavy (non-hydrogen) atoms. The Kier molecular flexibility index (Phi) is 5.02. The first kappa shape index (κ1) is 20.3. The van der Waals surface area contributed by atoms with Crippen molar-refractivity contribution in [3.8, 4) is 34.3 Å². The zero-order valence-corrected chi connectivity index (χ0v) is 17.6. The number of carbonyl (C=O) groups is 1. The summed E-state index contributed by atoms with van der Waals surface area (Å²) in [6.45, 7) is 1.79. The number of benzene rings is 3. The summed E-state index contributed by atoms with van der Waals surface area (Å²) in [5.41, 5.74) is 5.63. The first-order valence-electron chi connectivity index (χ1n) is 10.2. The Bertz CT molecular complexity index is 1430. The van der Waals surface area contributed by atoms with Gasteiger partial charge < -0.3 is 19.7 Å². The number of para-hydroxylation sites is 1. The average Bonchev–Trinajstić information content (AvgIpc) is 3.31. The second-order valence-corrected chi connectivity index (χ2v) is 7.48. The third kappa shape index (κ3) is 3.89. The molecule has 0 bridgehead atoms. The Balaban J connectivity index is 1.52. The van der Waals surface area contributed by atoms with Gasteiger partial charge in [-0.3, -0.25) is 4.79 Å². The molecule has 3 N–H and O–H groups in total. The van der Waals surface area contributed by atoms with Crippen LogP contribution in [0, 0.1) is 0 Å². The summed E-state index contributed by atoms with van der Waals surface area (Å²) in [7, 11) is 0. The van der Waals surface area contributed by atoms with Crippen molar-refractivity contribution < 1.29 is 24.5 Å². The number of hydrogen-bond acceptors (Lipinski definition) is 7. The SMILES string of the molecule is C/C(=N/NC(=O)c1cc(-c2ccc3c(c2)OCO3)nc2ccccc12)c1cc(O)ccc1O. The van der Waals surface area contributed by atoms with Gasteiger partial charge in [0.15, 0.2) is 11.5 Å². The molecule has 1 aliphatic heterocycles. The minimum atomic E-state index is -0.436. The maximum atomic E-state index is 13.1. The lowest BCUT2D eigenvalue weighted by Crippen LogP contribution is -2.20. The van der Waals surface area contributed by atoms with E-state index < -0.39 is 5.91 Å². The number of amides is 1. The van der Waals surface area contributed by atoms with Gasteiger partial charge in [-0.05, 0) is 55.5 Å². The Hall–Kier alpha value is -4.59. The number of phenolic OH excluding ortho intramolecular Hbond substituents is 2. The molecular formula is C25H19N3O5. The van der Waals surface area contributed by atoms with Gasteiger partial charge in [0.25, 0.3) is 5.91 Å². The number of nitrogens with one attached hydrogen (secondary N) is 1. The van der Waals surface area contributed by atoms with Crippen molar-refractivity contribution in [2.24, 2.45) is 5.10 Å². The number of fused-ring (bicyclic) bond motifs is 2. The highest BCUT2D eigenvalue weighted by Crippen LogP contribution is 2.36. The summed E-state index contributed by atoms with van der Waals surface area (Å²) >= 11 is 0. The second kappa shape index (κ2) is 8.16. The fraction of sp³-hybridized carbons (Fsp3) is 0.0800. The van der Waals surface area contributed by atoms with Crippen molar-refractivity contribution in [2.75, 3.05) is 6.79 Å². The molecule has 2 heterocycles. The lowest BCUT2D eigenvalue weighted by Gasteiger charge is -2.10. The monoisotopic (exact) mass is 441 g/mol. The van der Waals surface area contributed by atoms with Crippen LogP contribution in [-0.2, 0) is 0 Å². The molecule has 8 nitrogen and oxygen atoms in total. The molecule has 4 aromatic rings. The zero-order chi connectivity index (χ0) is 22.9. The van der Waals surface area contributed by atoms with E-state index >= 15 is 0 Å². The highest BCUT2D eigenvalue weighted by atomic mass is 16.7. The number of carbonyl (C=O) groups excluding carboxylic acids is 1. The number of phenols is 2. The van der Waals surface area contributed by atoms with E-state index in [1.165, 1.54) is 18.2 Å². The van der Waals surface area contributed by atoms with E-state index in [2.05, 4.69) is 10.5 Å². The quantitative estimate of drug-likeness (QED) is 0.249. The van der Waals surface area contributed by atoms with Gasteiger partial charge in [-0.2, -0.15) is 5.10 Å². The Morgan fingerprint density at radius 2 is 1.79 bits per heavy atom. The van der Waals surface area contributed by atoms with E-state index in [4.69, 9.17) is 14.5 Å². The Labute approximate surface area is 188 Å². The van der Waals surface area contributed by atoms with E-state index in [-0.39, 0.29) is 18.3 Å². The number of ether oxygens (including phenoxy) is 2. The summed E-state index contributed by atoms with van der Waals surface area (Å²) in [6, 6.07) is 18.6. The number of nitrogens with zero attached hydrogens (tertiary/aromatic N) is 2. The molecule has 0 aliphatic carbocycles. The van der Waals surface area contributed by atoms with Crippen LogP contribution in [0.4, 0.5) is 0 Å². The minimum Gasteiger partial charge on any atom is -0.508 e. The predicted octanol–water partition coefficient (Wildman–Crippen LogP) is 4.20. The fourth-order valence-corrected chi connectivity index (χ4v) is 3.64. The van der Waals surface area contributed by atoms with Crippen molar-refractivity contribution in [3.05, 3.63) is 77.9 Å². The molecule has 0 saturated carbocycles. The topological polar surface area (TPSA) is 113 Å². The van der Waals surface area contributed by atoms with Crippen LogP contribution in [0.5, 0.6) is 23.0 Å². The van der Waals surface area contributed by atoms with E-state index in [1.54, 1.807) is 13.0 Å². The van der Waals surface area contributed by atoms with Crippen LogP contribution in [0.25, 0.3) is 22.2 Å². The average molecular weight is 441 g/mol. The van der Waals surface area contributed by atoms with E-state index in [1.807, 2.05) is 42.5 Å². The first-order valence-corrected chi connectivity index (χ1v) is 10.2. The van der Waals surface area contributed by atoms with Crippen LogP contribution in [-0.4, -0.2) is 33.6 Å². The lowest BCUT2D eigenvalue weighted by atomic mass is 10.0. The van der Waals surface area contributed by atoms with Gasteiger partial charge in [0.2, 0.25) is 6.79 Å². The number of aromatic hydroxyl groups is 2. The summed E-state index contributed by atoms with van der Waals surface area (Å²) in [5, 5.41) is 24.5. The number of aromatic nitrogens is 1. The van der Waals surface area contributed by atoms with Gasteiger partial charge in [-0.1, -0.05) is 18.2 Å². The van der Waals surface area contributed by atoms with Crippen LogP contribution >= 0.6 is 0 Å². The van der Waals surface area contributed by atoms with Gasteiger partial charge in [0.1, 0.15) is 11.5 Å². The Morgan fingerprint density at radius 3 is 2.67 bits per heavy atom. The molecule has 1 aromatic heterocycles. The summed E-state index contributed by atoms with van der Waals surface area (Å²) in [6.07, 6.45) is 0. The molecule has 0 unspecified atom stereocenters. The van der Waals surface area contributed by atoms with E-state index in [0.717, 1.165) is 5.56 Å². The van der Waals surface area contributed by atoms with Crippen LogP contribution in [0.15, 0.2) is 71.8 Å². The maximum absolute atomic E-state index is 13.1. The number of pyridine rings is 1. The molecule has 0 atom stereocenters. The summed E-state index contributed by atoms with van der Waals surface area (Å²) in [5.74, 6) is 0.784. The minimum absolute atomic E-state index is 0.0165. The largest absolute Gasteiger partial charge is 0.508 e. The van der Waals surface area contributed by atoms with Gasteiger partial charge in [-0.15, -0.1) is 0 Å². The zero-order valence-electron chi connectivity index (χ0n) is 17.6. The smallest absolute Gasteiger partial charge is 0.272 e. The molecule has 5 rings (SSSR count). The number of hydrogen-bond donors (Lipinski definition) is 3. The van der Waals surface area contributed by atoms with E-state index in [9.17, 15) is 15.0 Å². The standard InChI is InChI=1S/C25H19N3O5/c1-14(18-11-16(29)7-8-22(18)30)27-28-25(31)19-12-21(26-20-5-3-2-4-17(19)20)15-6-9-23-24(10-15)33-13-32-23/h2-12,29-30H,13H2,1H3,(H,28,31)/b27-14-. The first-order chi connectivity index (χ1) is 16.0. The van der Waals surface area contributed by atoms with Crippen molar-refractivity contribution in [1.29, 1.82) is 0 Å². The van der Waals surface area contributed by atoms with Gasteiger partial charge in [-0.25, -0.2) is 10.4 Å². The molecule has 0 radical (unpaired) electrons. The van der Waals surface area contributed by atoms with Gasteiger partial charge in [0, 0.05) is 16.5 Å². The molecule has 1 amide bonds. The molecule has 8 heteroatoms. The molecule has 164 valence electrons. The highest BCUT2D eigenvalue weighted by molar-refractivity contribution is 6.08. The molecular weight excluding hydrogens is 422 g/mol. The fourth-order valence-electron chi connectivity index (χ4n) is 3.64. The van der Waals surface area contributed by atoms with Gasteiger partial charge >= 0.3 is 0 Å². The number of hydrazone groups is 1. The third-order valence-electron chi connectivity index (χ3n) is 5.32. The maximum Gasteiger partial charge on any atom is 0.272 e. The lowest BCUT2D eigenvalue weighted by molar-refractivity contribution is 0.0956. The second-order valence-electron chi connectivity index (χ2n) is 7.48. The summed E-state index contributed by atoms with van der Waals surface area (Å²) < 4.78 is 10.8. The van der Waals surface area contributed by atoms with Crippen LogP contribution in [0.1, 0.15) is 22.8 Å². The van der Waals surface area contributed by atoms with Crippen LogP contribution < -0.4 is 14.9 Å². The van der Waals surface area contributed by atoms with Crippen LogP contribution in [0.3, 0.4) is 0 Å². The molecule has 0 fully saturated rings. The van der Waals surface area contributed by atoms with Gasteiger partial charge in [0.05, 0.1) is 22.5 Å². The van der Waals surface area contributed by atoms with Crippen molar-refractivity contribution in [1.82, 2.24) is 10.4 Å². The molecule has 0 spiro atoms. The highest BCUT2D eigenvalue weighted by Gasteiger charge is 2.18. The third-order valence-corrected chi connectivity index (χ3v) is 5.32. The normalized spacial score (nSPS) is 12.7. The van der Waals surface area contributed by atoms with Crippen molar-refractivity contribution >= 4 is 22.5 Å². The van der Waals surface area contributed by atoms with Crippen molar-refractivity contribution in [3.63, 3.8) is 0 Å². The van der Waals surface area contributed by atoms with Crippen molar-refractivity contribution in [2.45, 2.75) is 6.92 Å². The molecule has 0 saturated heterocycles.